The van der Waals surface area contributed by atoms with Crippen molar-refractivity contribution in [2.75, 3.05) is 6.61 Å². The van der Waals surface area contributed by atoms with Gasteiger partial charge < -0.3 is 14.8 Å². The van der Waals surface area contributed by atoms with E-state index in [1.165, 1.54) is 0 Å². The van der Waals surface area contributed by atoms with Crippen molar-refractivity contribution in [2.45, 2.75) is 19.8 Å². The fourth-order valence-electron chi connectivity index (χ4n) is 2.03. The van der Waals surface area contributed by atoms with Crippen molar-refractivity contribution in [2.24, 2.45) is 0 Å². The maximum atomic E-state index is 12.0. The molecule has 0 radical (unpaired) electrons. The molecule has 0 atom stereocenters. The number of aryl methyl sites for hydroxylation is 1. The van der Waals surface area contributed by atoms with Crippen LogP contribution in [-0.2, 0) is 11.2 Å². The summed E-state index contributed by atoms with van der Waals surface area (Å²) in [5.41, 5.74) is 1.75. The van der Waals surface area contributed by atoms with Gasteiger partial charge in [0.2, 0.25) is 0 Å². The van der Waals surface area contributed by atoms with Crippen LogP contribution in [0.4, 0.5) is 0 Å². The molecule has 21 heavy (non-hydrogen) atoms. The Balaban J connectivity index is 2.25. The fourth-order valence-corrected chi connectivity index (χ4v) is 2.03. The summed E-state index contributed by atoms with van der Waals surface area (Å²) in [4.78, 5) is 25.3. The van der Waals surface area contributed by atoms with Crippen LogP contribution in [0.25, 0.3) is 11.3 Å². The van der Waals surface area contributed by atoms with Crippen LogP contribution >= 0.6 is 0 Å². The summed E-state index contributed by atoms with van der Waals surface area (Å²) in [5, 5.41) is 8.65. The standard InChI is InChI=1S/C16H17NO4/c1-2-21-13-5-3-4-12(10-13)14-8-6-11(16(20)17-14)7-9-15(18)19/h3-6,8,10H,2,7,9H2,1H3,(H,17,20)(H,18,19). The molecule has 1 heterocycles. The molecule has 0 amide bonds. The van der Waals surface area contributed by atoms with E-state index in [9.17, 15) is 9.59 Å². The van der Waals surface area contributed by atoms with Crippen LogP contribution in [0.15, 0.2) is 41.2 Å². The molecule has 110 valence electrons. The summed E-state index contributed by atoms with van der Waals surface area (Å²) in [5.74, 6) is -0.173. The number of aliphatic carboxylic acids is 1. The summed E-state index contributed by atoms with van der Waals surface area (Å²) in [6.45, 7) is 2.49. The Bertz CT molecular complexity index is 691. The number of ether oxygens (including phenoxy) is 1. The lowest BCUT2D eigenvalue weighted by Crippen LogP contribution is -2.14. The van der Waals surface area contributed by atoms with Gasteiger partial charge in [-0.15, -0.1) is 0 Å². The van der Waals surface area contributed by atoms with Crippen molar-refractivity contribution in [1.82, 2.24) is 4.98 Å². The molecule has 5 heteroatoms. The molecule has 0 unspecified atom stereocenters. The molecular formula is C16H17NO4. The lowest BCUT2D eigenvalue weighted by atomic mass is 10.1. The molecule has 1 aromatic carbocycles. The van der Waals surface area contributed by atoms with E-state index in [2.05, 4.69) is 4.98 Å². The van der Waals surface area contributed by atoms with Gasteiger partial charge >= 0.3 is 5.97 Å². The number of rotatable bonds is 6. The Hall–Kier alpha value is -2.56. The normalized spacial score (nSPS) is 10.3. The molecule has 0 saturated heterocycles. The predicted molar refractivity (Wildman–Crippen MR) is 79.6 cm³/mol. The van der Waals surface area contributed by atoms with Crippen molar-refractivity contribution in [3.63, 3.8) is 0 Å². The number of aromatic amines is 1. The van der Waals surface area contributed by atoms with E-state index < -0.39 is 5.97 Å². The highest BCUT2D eigenvalue weighted by Crippen LogP contribution is 2.21. The molecule has 0 fully saturated rings. The van der Waals surface area contributed by atoms with E-state index in [-0.39, 0.29) is 18.4 Å². The second-order valence-electron chi connectivity index (χ2n) is 4.58. The van der Waals surface area contributed by atoms with Crippen LogP contribution in [0.3, 0.4) is 0 Å². The SMILES string of the molecule is CCOc1cccc(-c2ccc(CCC(=O)O)c(=O)[nH]2)c1. The van der Waals surface area contributed by atoms with Crippen molar-refractivity contribution >= 4 is 5.97 Å². The van der Waals surface area contributed by atoms with Gasteiger partial charge in [-0.25, -0.2) is 0 Å². The third kappa shape index (κ3) is 3.95. The minimum atomic E-state index is -0.914. The molecule has 5 nitrogen and oxygen atoms in total. The summed E-state index contributed by atoms with van der Waals surface area (Å²) in [6.07, 6.45) is 0.173. The largest absolute Gasteiger partial charge is 0.494 e. The number of carboxylic acid groups (broad SMARTS) is 1. The summed E-state index contributed by atoms with van der Waals surface area (Å²) in [7, 11) is 0. The Labute approximate surface area is 122 Å². The number of pyridine rings is 1. The summed E-state index contributed by atoms with van der Waals surface area (Å²) in [6, 6.07) is 10.9. The van der Waals surface area contributed by atoms with E-state index in [1.807, 2.05) is 31.2 Å². The monoisotopic (exact) mass is 287 g/mol. The molecule has 2 aromatic rings. The van der Waals surface area contributed by atoms with E-state index in [0.717, 1.165) is 11.3 Å². The number of carboxylic acids is 1. The molecule has 1 aromatic heterocycles. The molecule has 0 bridgehead atoms. The van der Waals surface area contributed by atoms with Crippen molar-refractivity contribution in [3.05, 3.63) is 52.3 Å². The zero-order valence-electron chi connectivity index (χ0n) is 11.8. The minimum absolute atomic E-state index is 0.0533. The van der Waals surface area contributed by atoms with Gasteiger partial charge in [-0.05, 0) is 31.5 Å². The van der Waals surface area contributed by atoms with Crippen molar-refractivity contribution in [3.8, 4) is 17.0 Å². The van der Waals surface area contributed by atoms with Crippen LogP contribution < -0.4 is 10.3 Å². The molecule has 0 aliphatic rings. The second-order valence-corrected chi connectivity index (χ2v) is 4.58. The third-order valence-corrected chi connectivity index (χ3v) is 3.06. The molecular weight excluding hydrogens is 270 g/mol. The van der Waals surface area contributed by atoms with E-state index in [1.54, 1.807) is 12.1 Å². The summed E-state index contributed by atoms with van der Waals surface area (Å²) < 4.78 is 5.43. The smallest absolute Gasteiger partial charge is 0.303 e. The van der Waals surface area contributed by atoms with E-state index in [0.29, 0.717) is 17.9 Å². The van der Waals surface area contributed by atoms with Gasteiger partial charge in [-0.1, -0.05) is 18.2 Å². The van der Waals surface area contributed by atoms with Gasteiger partial charge in [-0.3, -0.25) is 9.59 Å². The highest BCUT2D eigenvalue weighted by Gasteiger charge is 2.06. The second kappa shape index (κ2) is 6.74. The lowest BCUT2D eigenvalue weighted by molar-refractivity contribution is -0.136. The van der Waals surface area contributed by atoms with Crippen LogP contribution in [-0.4, -0.2) is 22.7 Å². The van der Waals surface area contributed by atoms with Crippen LogP contribution in [0.2, 0.25) is 0 Å². The summed E-state index contributed by atoms with van der Waals surface area (Å²) >= 11 is 0. The molecule has 2 N–H and O–H groups in total. The number of benzene rings is 1. The topological polar surface area (TPSA) is 79.4 Å². The Morgan fingerprint density at radius 3 is 2.76 bits per heavy atom. The first-order valence-electron chi connectivity index (χ1n) is 6.77. The Kier molecular flexibility index (Phi) is 4.77. The first kappa shape index (κ1) is 14.8. The zero-order valence-corrected chi connectivity index (χ0v) is 11.8. The van der Waals surface area contributed by atoms with Gasteiger partial charge in [0, 0.05) is 23.2 Å². The van der Waals surface area contributed by atoms with Crippen LogP contribution in [0.5, 0.6) is 5.75 Å². The van der Waals surface area contributed by atoms with Gasteiger partial charge in [-0.2, -0.15) is 0 Å². The molecule has 0 saturated carbocycles. The fraction of sp³-hybridized carbons (Fsp3) is 0.250. The third-order valence-electron chi connectivity index (χ3n) is 3.06. The van der Waals surface area contributed by atoms with Gasteiger partial charge in [0.05, 0.1) is 6.61 Å². The number of hydrogen-bond acceptors (Lipinski definition) is 3. The number of hydrogen-bond donors (Lipinski definition) is 2. The van der Waals surface area contributed by atoms with Gasteiger partial charge in [0.25, 0.3) is 5.56 Å². The molecule has 0 aliphatic heterocycles. The van der Waals surface area contributed by atoms with Gasteiger partial charge in [0.1, 0.15) is 5.75 Å². The van der Waals surface area contributed by atoms with E-state index in [4.69, 9.17) is 9.84 Å². The average molecular weight is 287 g/mol. The predicted octanol–water partition coefficient (Wildman–Crippen LogP) is 2.46. The van der Waals surface area contributed by atoms with Crippen LogP contribution in [0, 0.1) is 0 Å². The first-order valence-corrected chi connectivity index (χ1v) is 6.77. The zero-order chi connectivity index (χ0) is 15.2. The molecule has 0 aliphatic carbocycles. The van der Waals surface area contributed by atoms with Crippen LogP contribution in [0.1, 0.15) is 18.9 Å². The van der Waals surface area contributed by atoms with Crippen molar-refractivity contribution in [1.29, 1.82) is 0 Å². The average Bonchev–Trinajstić information content (AvgIpc) is 2.46. The highest BCUT2D eigenvalue weighted by atomic mass is 16.5. The Morgan fingerprint density at radius 2 is 2.10 bits per heavy atom. The lowest BCUT2D eigenvalue weighted by Gasteiger charge is -2.07. The maximum absolute atomic E-state index is 12.0. The minimum Gasteiger partial charge on any atom is -0.494 e. The molecule has 0 spiro atoms. The molecule has 2 rings (SSSR count). The first-order chi connectivity index (χ1) is 10.1. The number of H-pyrrole nitrogens is 1. The Morgan fingerprint density at radius 1 is 1.29 bits per heavy atom. The van der Waals surface area contributed by atoms with Gasteiger partial charge in [0.15, 0.2) is 0 Å². The number of carbonyl (C=O) groups is 1. The quantitative estimate of drug-likeness (QED) is 0.855. The van der Waals surface area contributed by atoms with E-state index >= 15 is 0 Å². The maximum Gasteiger partial charge on any atom is 0.303 e. The van der Waals surface area contributed by atoms with Crippen molar-refractivity contribution < 1.29 is 14.6 Å². The number of nitrogens with one attached hydrogen (secondary N) is 1. The highest BCUT2D eigenvalue weighted by molar-refractivity contribution is 5.67. The number of aromatic nitrogens is 1.